The largest absolute Gasteiger partial charge is 0.326 e. The lowest BCUT2D eigenvalue weighted by Crippen LogP contribution is -2.25. The fourth-order valence-electron chi connectivity index (χ4n) is 1.60. The summed E-state index contributed by atoms with van der Waals surface area (Å²) in [6, 6.07) is 10.3. The fourth-order valence-corrected chi connectivity index (χ4v) is 4.47. The van der Waals surface area contributed by atoms with Gasteiger partial charge in [0.15, 0.2) is 0 Å². The van der Waals surface area contributed by atoms with E-state index in [1.54, 1.807) is 23.1 Å². The number of thiophene rings is 1. The van der Waals surface area contributed by atoms with Gasteiger partial charge in [-0.2, -0.15) is 0 Å². The van der Waals surface area contributed by atoms with Crippen molar-refractivity contribution in [1.82, 2.24) is 4.98 Å². The minimum Gasteiger partial charge on any atom is -0.326 e. The van der Waals surface area contributed by atoms with E-state index < -0.39 is 0 Å². The van der Waals surface area contributed by atoms with Gasteiger partial charge in [-0.15, -0.1) is 11.3 Å². The van der Waals surface area contributed by atoms with E-state index in [1.165, 1.54) is 4.88 Å². The van der Waals surface area contributed by atoms with E-state index in [2.05, 4.69) is 40.0 Å². The third-order valence-corrected chi connectivity index (χ3v) is 5.82. The summed E-state index contributed by atoms with van der Waals surface area (Å²) in [7, 11) is 0. The maximum Gasteiger partial charge on any atom is 0.0966 e. The van der Waals surface area contributed by atoms with Crippen LogP contribution in [0.5, 0.6) is 0 Å². The molecule has 0 bridgehead atoms. The van der Waals surface area contributed by atoms with Gasteiger partial charge in [-0.25, -0.2) is 4.98 Å². The minimum absolute atomic E-state index is 0.141. The Morgan fingerprint density at radius 1 is 1.39 bits per heavy atom. The summed E-state index contributed by atoms with van der Waals surface area (Å²) in [4.78, 5) is 5.67. The van der Waals surface area contributed by atoms with Crippen molar-refractivity contribution >= 4 is 39.0 Å². The predicted molar refractivity (Wildman–Crippen MR) is 83.1 cm³/mol. The first kappa shape index (κ1) is 14.1. The Balaban J connectivity index is 2.21. The molecule has 0 amide bonds. The zero-order valence-corrected chi connectivity index (χ0v) is 13.3. The number of pyridine rings is 1. The molecule has 0 fully saturated rings. The quantitative estimate of drug-likeness (QED) is 0.814. The van der Waals surface area contributed by atoms with Crippen LogP contribution in [0, 0.1) is 0 Å². The summed E-state index contributed by atoms with van der Waals surface area (Å²) >= 11 is 7.00. The van der Waals surface area contributed by atoms with Gasteiger partial charge < -0.3 is 5.73 Å². The second-order valence-corrected chi connectivity index (χ2v) is 7.58. The zero-order chi connectivity index (χ0) is 13.0. The van der Waals surface area contributed by atoms with E-state index in [-0.39, 0.29) is 11.3 Å². The van der Waals surface area contributed by atoms with Crippen molar-refractivity contribution in [3.8, 4) is 0 Å². The molecular formula is C13H15BrN2S2. The number of halogens is 1. The van der Waals surface area contributed by atoms with Crippen molar-refractivity contribution in [3.63, 3.8) is 0 Å². The SMILES string of the molecule is CCC(N)C(Sc1ccccn1)c1ccc(Br)s1. The van der Waals surface area contributed by atoms with Gasteiger partial charge >= 0.3 is 0 Å². The lowest BCUT2D eigenvalue weighted by molar-refractivity contribution is 0.639. The summed E-state index contributed by atoms with van der Waals surface area (Å²) in [5, 5.41) is 1.29. The number of nitrogens with two attached hydrogens (primary N) is 1. The molecule has 0 aliphatic rings. The number of aromatic nitrogens is 1. The average molecular weight is 343 g/mol. The van der Waals surface area contributed by atoms with Crippen molar-refractivity contribution in [3.05, 3.63) is 45.2 Å². The van der Waals surface area contributed by atoms with E-state index in [9.17, 15) is 0 Å². The molecule has 2 rings (SSSR count). The first-order chi connectivity index (χ1) is 8.70. The van der Waals surface area contributed by atoms with Gasteiger partial charge in [0.25, 0.3) is 0 Å². The topological polar surface area (TPSA) is 38.9 Å². The third-order valence-electron chi connectivity index (χ3n) is 2.62. The van der Waals surface area contributed by atoms with E-state index in [1.807, 2.05) is 24.4 Å². The highest BCUT2D eigenvalue weighted by Crippen LogP contribution is 2.41. The molecule has 0 aliphatic heterocycles. The summed E-state index contributed by atoms with van der Waals surface area (Å²) in [5.41, 5.74) is 6.25. The molecular weight excluding hydrogens is 328 g/mol. The maximum absolute atomic E-state index is 6.25. The van der Waals surface area contributed by atoms with E-state index >= 15 is 0 Å². The third kappa shape index (κ3) is 3.57. The molecule has 2 atom stereocenters. The fraction of sp³-hybridized carbons (Fsp3) is 0.308. The standard InChI is InChI=1S/C13H15BrN2S2/c1-2-9(15)13(10-6-7-11(14)17-10)18-12-5-3-4-8-16-12/h3-9,13H,2,15H2,1H3. The normalized spacial score (nSPS) is 14.4. The lowest BCUT2D eigenvalue weighted by Gasteiger charge is -2.20. The van der Waals surface area contributed by atoms with Gasteiger partial charge in [0.2, 0.25) is 0 Å². The molecule has 0 radical (unpaired) electrons. The van der Waals surface area contributed by atoms with Crippen molar-refractivity contribution in [2.24, 2.45) is 5.73 Å². The molecule has 0 spiro atoms. The Morgan fingerprint density at radius 2 is 2.22 bits per heavy atom. The maximum atomic E-state index is 6.25. The first-order valence-corrected chi connectivity index (χ1v) is 8.28. The number of thioether (sulfide) groups is 1. The number of hydrogen-bond donors (Lipinski definition) is 1. The van der Waals surface area contributed by atoms with Gasteiger partial charge in [-0.1, -0.05) is 24.8 Å². The Bertz CT molecular complexity index is 487. The molecule has 18 heavy (non-hydrogen) atoms. The van der Waals surface area contributed by atoms with E-state index in [0.717, 1.165) is 15.2 Å². The second-order valence-electron chi connectivity index (χ2n) is 3.92. The molecule has 2 heterocycles. The zero-order valence-electron chi connectivity index (χ0n) is 10.0. The van der Waals surface area contributed by atoms with Crippen molar-refractivity contribution < 1.29 is 0 Å². The van der Waals surface area contributed by atoms with Crippen LogP contribution in [0.2, 0.25) is 0 Å². The molecule has 5 heteroatoms. The average Bonchev–Trinajstić information content (AvgIpc) is 2.83. The Morgan fingerprint density at radius 3 is 2.78 bits per heavy atom. The monoisotopic (exact) mass is 342 g/mol. The van der Waals surface area contributed by atoms with E-state index in [4.69, 9.17) is 5.73 Å². The second kappa shape index (κ2) is 6.70. The smallest absolute Gasteiger partial charge is 0.0966 e. The summed E-state index contributed by atoms with van der Waals surface area (Å²) in [5.74, 6) is 0. The molecule has 2 unspecified atom stereocenters. The van der Waals surface area contributed by atoms with Crippen LogP contribution in [-0.2, 0) is 0 Å². The van der Waals surface area contributed by atoms with Crippen LogP contribution < -0.4 is 5.73 Å². The molecule has 2 N–H and O–H groups in total. The van der Waals surface area contributed by atoms with Gasteiger partial charge in [-0.05, 0) is 46.6 Å². The van der Waals surface area contributed by atoms with Crippen LogP contribution in [0.3, 0.4) is 0 Å². The number of rotatable bonds is 5. The first-order valence-electron chi connectivity index (χ1n) is 5.79. The van der Waals surface area contributed by atoms with Crippen molar-refractivity contribution in [2.75, 3.05) is 0 Å². The van der Waals surface area contributed by atoms with Crippen molar-refractivity contribution in [1.29, 1.82) is 0 Å². The van der Waals surface area contributed by atoms with Crippen molar-refractivity contribution in [2.45, 2.75) is 29.7 Å². The predicted octanol–water partition coefficient (Wildman–Crippen LogP) is 4.48. The van der Waals surface area contributed by atoms with Crippen LogP contribution in [-0.4, -0.2) is 11.0 Å². The molecule has 0 saturated carbocycles. The molecule has 2 aromatic rings. The number of nitrogens with zero attached hydrogens (tertiary/aromatic N) is 1. The minimum atomic E-state index is 0.141. The Labute approximate surface area is 124 Å². The van der Waals surface area contributed by atoms with Crippen LogP contribution in [0.25, 0.3) is 0 Å². The van der Waals surface area contributed by atoms with Gasteiger partial charge in [0, 0.05) is 17.1 Å². The number of hydrogen-bond acceptors (Lipinski definition) is 4. The highest BCUT2D eigenvalue weighted by molar-refractivity contribution is 9.11. The molecule has 96 valence electrons. The summed E-state index contributed by atoms with van der Waals surface area (Å²) in [6.07, 6.45) is 2.78. The van der Waals surface area contributed by atoms with Gasteiger partial charge in [0.1, 0.15) is 0 Å². The molecule has 2 nitrogen and oxygen atoms in total. The highest BCUT2D eigenvalue weighted by Gasteiger charge is 2.22. The summed E-state index contributed by atoms with van der Waals surface area (Å²) in [6.45, 7) is 2.12. The molecule has 0 aliphatic carbocycles. The molecule has 0 aromatic carbocycles. The highest BCUT2D eigenvalue weighted by atomic mass is 79.9. The lowest BCUT2D eigenvalue weighted by atomic mass is 10.1. The Hall–Kier alpha value is -0.360. The van der Waals surface area contributed by atoms with Gasteiger partial charge in [-0.3, -0.25) is 0 Å². The van der Waals surface area contributed by atoms with Crippen LogP contribution >= 0.6 is 39.0 Å². The molecule has 0 saturated heterocycles. The van der Waals surface area contributed by atoms with Crippen LogP contribution in [0.1, 0.15) is 23.5 Å². The molecule has 2 aromatic heterocycles. The van der Waals surface area contributed by atoms with Crippen LogP contribution in [0.4, 0.5) is 0 Å². The van der Waals surface area contributed by atoms with Gasteiger partial charge in [0.05, 0.1) is 14.1 Å². The summed E-state index contributed by atoms with van der Waals surface area (Å²) < 4.78 is 1.15. The Kier molecular flexibility index (Phi) is 5.24. The van der Waals surface area contributed by atoms with Crippen LogP contribution in [0.15, 0.2) is 45.3 Å². The van der Waals surface area contributed by atoms with E-state index in [0.29, 0.717) is 0 Å².